The number of rotatable bonds is 5. The van der Waals surface area contributed by atoms with Crippen LogP contribution in [0.1, 0.15) is 36.3 Å². The molecule has 2 aromatic carbocycles. The fourth-order valence-corrected chi connectivity index (χ4v) is 4.48. The lowest BCUT2D eigenvalue weighted by molar-refractivity contribution is 0.0912. The number of aromatic nitrogens is 2. The first-order chi connectivity index (χ1) is 16.3. The SMILES string of the molecule is CC1(C)CC(=O)c2c([nH]c(-c3ccnc(Nc4cccc(F)c4)c3)c2Nc2cccc(F)c2)C1. The zero-order valence-corrected chi connectivity index (χ0v) is 18.9. The number of aromatic amines is 1. The molecule has 0 atom stereocenters. The zero-order chi connectivity index (χ0) is 23.9. The number of hydrogen-bond donors (Lipinski definition) is 3. The molecule has 0 spiro atoms. The van der Waals surface area contributed by atoms with Crippen molar-refractivity contribution in [3.63, 3.8) is 0 Å². The molecule has 5 nitrogen and oxygen atoms in total. The minimum absolute atomic E-state index is 0.0415. The number of H-pyrrole nitrogens is 1. The van der Waals surface area contributed by atoms with Gasteiger partial charge in [0, 0.05) is 35.2 Å². The van der Waals surface area contributed by atoms with E-state index in [1.165, 1.54) is 24.3 Å². The van der Waals surface area contributed by atoms with Crippen molar-refractivity contribution in [2.45, 2.75) is 26.7 Å². The highest BCUT2D eigenvalue weighted by atomic mass is 19.1. The van der Waals surface area contributed by atoms with Gasteiger partial charge in [-0.15, -0.1) is 0 Å². The number of carbonyl (C=O) groups excluding carboxylic acids is 1. The van der Waals surface area contributed by atoms with Crippen LogP contribution in [0.3, 0.4) is 0 Å². The summed E-state index contributed by atoms with van der Waals surface area (Å²) in [5.74, 6) is -0.145. The summed E-state index contributed by atoms with van der Waals surface area (Å²) in [4.78, 5) is 21.0. The number of halogens is 2. The summed E-state index contributed by atoms with van der Waals surface area (Å²) in [6, 6.07) is 15.9. The molecule has 7 heteroatoms. The Morgan fingerprint density at radius 2 is 1.59 bits per heavy atom. The predicted octanol–water partition coefficient (Wildman–Crippen LogP) is 7.00. The van der Waals surface area contributed by atoms with Crippen LogP contribution in [0.15, 0.2) is 66.9 Å². The number of hydrogen-bond acceptors (Lipinski definition) is 4. The topological polar surface area (TPSA) is 69.8 Å². The third kappa shape index (κ3) is 4.41. The number of pyridine rings is 1. The van der Waals surface area contributed by atoms with E-state index in [0.717, 1.165) is 11.3 Å². The van der Waals surface area contributed by atoms with Crippen LogP contribution in [0, 0.1) is 17.0 Å². The molecule has 3 N–H and O–H groups in total. The Bertz CT molecular complexity index is 1390. The lowest BCUT2D eigenvalue weighted by Crippen LogP contribution is -2.26. The van der Waals surface area contributed by atoms with E-state index in [9.17, 15) is 13.6 Å². The van der Waals surface area contributed by atoms with E-state index in [2.05, 4.69) is 34.4 Å². The Balaban J connectivity index is 1.59. The summed E-state index contributed by atoms with van der Waals surface area (Å²) in [6.45, 7) is 4.14. The van der Waals surface area contributed by atoms with Gasteiger partial charge in [-0.1, -0.05) is 26.0 Å². The summed E-state index contributed by atoms with van der Waals surface area (Å²) in [6.07, 6.45) is 2.79. The number of fused-ring (bicyclic) bond motifs is 1. The Kier molecular flexibility index (Phi) is 5.40. The van der Waals surface area contributed by atoms with Crippen molar-refractivity contribution in [1.82, 2.24) is 9.97 Å². The van der Waals surface area contributed by atoms with Gasteiger partial charge in [-0.05, 0) is 60.4 Å². The molecule has 0 aliphatic heterocycles. The minimum atomic E-state index is -0.367. The summed E-state index contributed by atoms with van der Waals surface area (Å²) >= 11 is 0. The molecule has 1 aliphatic rings. The van der Waals surface area contributed by atoms with Crippen molar-refractivity contribution in [3.8, 4) is 11.3 Å². The second-order valence-corrected chi connectivity index (χ2v) is 9.37. The first-order valence-corrected chi connectivity index (χ1v) is 11.1. The molecule has 34 heavy (non-hydrogen) atoms. The number of anilines is 4. The molecule has 2 aromatic heterocycles. The number of nitrogens with zero attached hydrogens (tertiary/aromatic N) is 1. The van der Waals surface area contributed by atoms with E-state index in [0.29, 0.717) is 47.0 Å². The number of Topliss-reactive ketones (excluding diaryl/α,β-unsaturated/α-hetero) is 1. The molecule has 0 radical (unpaired) electrons. The van der Waals surface area contributed by atoms with Gasteiger partial charge in [-0.25, -0.2) is 13.8 Å². The van der Waals surface area contributed by atoms with Crippen LogP contribution in [0.4, 0.5) is 31.7 Å². The molecule has 5 rings (SSSR count). The quantitative estimate of drug-likeness (QED) is 0.301. The molecular weight excluding hydrogens is 434 g/mol. The molecule has 172 valence electrons. The number of benzene rings is 2. The van der Waals surface area contributed by atoms with E-state index >= 15 is 0 Å². The lowest BCUT2D eigenvalue weighted by Gasteiger charge is -2.28. The van der Waals surface area contributed by atoms with Crippen molar-refractivity contribution < 1.29 is 13.6 Å². The monoisotopic (exact) mass is 458 g/mol. The summed E-state index contributed by atoms with van der Waals surface area (Å²) in [7, 11) is 0. The number of nitrogens with one attached hydrogen (secondary N) is 3. The highest BCUT2D eigenvalue weighted by molar-refractivity contribution is 6.07. The average molecular weight is 459 g/mol. The standard InChI is InChI=1S/C27H24F2N4O/c1-27(2)14-21-24(22(34)15-27)26(32-20-8-4-6-18(29)13-20)25(33-21)16-9-10-30-23(11-16)31-19-7-3-5-17(28)12-19/h3-13,32-33H,14-15H2,1-2H3,(H,30,31). The van der Waals surface area contributed by atoms with Crippen molar-refractivity contribution in [3.05, 3.63) is 89.8 Å². The van der Waals surface area contributed by atoms with Crippen molar-refractivity contribution in [1.29, 1.82) is 0 Å². The normalized spacial score (nSPS) is 14.5. The molecule has 1 aliphatic carbocycles. The van der Waals surface area contributed by atoms with E-state index in [4.69, 9.17) is 0 Å². The zero-order valence-electron chi connectivity index (χ0n) is 18.9. The second-order valence-electron chi connectivity index (χ2n) is 9.37. The first kappa shape index (κ1) is 21.8. The van der Waals surface area contributed by atoms with E-state index in [1.54, 1.807) is 30.5 Å². The van der Waals surface area contributed by atoms with E-state index in [1.807, 2.05) is 12.1 Å². The minimum Gasteiger partial charge on any atom is -0.356 e. The van der Waals surface area contributed by atoms with Crippen LogP contribution >= 0.6 is 0 Å². The van der Waals surface area contributed by atoms with Crippen LogP contribution < -0.4 is 10.6 Å². The van der Waals surface area contributed by atoms with Crippen LogP contribution in [0.2, 0.25) is 0 Å². The van der Waals surface area contributed by atoms with Crippen molar-refractivity contribution in [2.24, 2.45) is 5.41 Å². The Labute approximate surface area is 196 Å². The van der Waals surface area contributed by atoms with E-state index < -0.39 is 0 Å². The smallest absolute Gasteiger partial charge is 0.167 e. The largest absolute Gasteiger partial charge is 0.356 e. The second kappa shape index (κ2) is 8.41. The summed E-state index contributed by atoms with van der Waals surface area (Å²) in [5.41, 5.74) is 4.53. The van der Waals surface area contributed by atoms with Gasteiger partial charge in [0.05, 0.1) is 16.9 Å². The molecule has 0 amide bonds. The number of carbonyl (C=O) groups is 1. The van der Waals surface area contributed by atoms with Gasteiger partial charge in [0.15, 0.2) is 5.78 Å². The van der Waals surface area contributed by atoms with Gasteiger partial charge in [0.25, 0.3) is 0 Å². The predicted molar refractivity (Wildman–Crippen MR) is 130 cm³/mol. The third-order valence-electron chi connectivity index (χ3n) is 5.89. The highest BCUT2D eigenvalue weighted by Gasteiger charge is 2.35. The fraction of sp³-hybridized carbons (Fsp3) is 0.185. The maximum absolute atomic E-state index is 13.9. The molecule has 0 fully saturated rings. The van der Waals surface area contributed by atoms with Gasteiger partial charge < -0.3 is 15.6 Å². The average Bonchev–Trinajstić information content (AvgIpc) is 3.11. The molecule has 0 unspecified atom stereocenters. The highest BCUT2D eigenvalue weighted by Crippen LogP contribution is 2.43. The Morgan fingerprint density at radius 1 is 0.912 bits per heavy atom. The Hall–Kier alpha value is -4.00. The van der Waals surface area contributed by atoms with Crippen molar-refractivity contribution >= 4 is 28.7 Å². The van der Waals surface area contributed by atoms with Crippen LogP contribution in [0.25, 0.3) is 11.3 Å². The molecule has 2 heterocycles. The first-order valence-electron chi connectivity index (χ1n) is 11.1. The van der Waals surface area contributed by atoms with Gasteiger partial charge in [-0.2, -0.15) is 0 Å². The number of ketones is 1. The lowest BCUT2D eigenvalue weighted by atomic mass is 9.76. The van der Waals surface area contributed by atoms with Gasteiger partial charge >= 0.3 is 0 Å². The van der Waals surface area contributed by atoms with E-state index in [-0.39, 0.29) is 22.8 Å². The molecule has 0 saturated carbocycles. The van der Waals surface area contributed by atoms with Crippen LogP contribution in [0.5, 0.6) is 0 Å². The van der Waals surface area contributed by atoms with Crippen LogP contribution in [-0.4, -0.2) is 15.8 Å². The molecule has 4 aromatic rings. The third-order valence-corrected chi connectivity index (χ3v) is 5.89. The Morgan fingerprint density at radius 3 is 2.26 bits per heavy atom. The van der Waals surface area contributed by atoms with Crippen molar-refractivity contribution in [2.75, 3.05) is 10.6 Å². The fourth-order valence-electron chi connectivity index (χ4n) is 4.48. The summed E-state index contributed by atoms with van der Waals surface area (Å²) in [5, 5.41) is 6.39. The molecular formula is C27H24F2N4O. The van der Waals surface area contributed by atoms with Gasteiger partial charge in [0.1, 0.15) is 17.5 Å². The van der Waals surface area contributed by atoms with Crippen LogP contribution in [-0.2, 0) is 6.42 Å². The van der Waals surface area contributed by atoms with Gasteiger partial charge in [-0.3, -0.25) is 4.79 Å². The maximum Gasteiger partial charge on any atom is 0.167 e. The molecule has 0 saturated heterocycles. The maximum atomic E-state index is 13.9. The van der Waals surface area contributed by atoms with Gasteiger partial charge in [0.2, 0.25) is 0 Å². The molecule has 0 bridgehead atoms. The summed E-state index contributed by atoms with van der Waals surface area (Å²) < 4.78 is 27.5.